The highest BCUT2D eigenvalue weighted by Crippen LogP contribution is 2.50. The monoisotopic (exact) mass is 533 g/mol. The second-order valence-electron chi connectivity index (χ2n) is 11.8. The fourth-order valence-corrected chi connectivity index (χ4v) is 9.60. The largest absolute Gasteiger partial charge is 0.377 e. The van der Waals surface area contributed by atoms with Crippen LogP contribution in [-0.4, -0.2) is 14.1 Å². The van der Waals surface area contributed by atoms with Crippen LogP contribution in [0.1, 0.15) is 59.1 Å². The molecule has 0 aliphatic heterocycles. The molecular weight excluding hydrogens is 493 g/mol. The molecule has 2 nitrogen and oxygen atoms in total. The summed E-state index contributed by atoms with van der Waals surface area (Å²) in [6.07, 6.45) is 9.27. The average molecular weight is 534 g/mol. The first-order valence-electron chi connectivity index (χ1n) is 14.6. The number of rotatable bonds is 5. The molecule has 0 amide bonds. The van der Waals surface area contributed by atoms with Gasteiger partial charge < -0.3 is 9.46 Å². The smallest absolute Gasteiger partial charge is 0.171 e. The van der Waals surface area contributed by atoms with E-state index in [9.17, 15) is 0 Å². The molecule has 2 aliphatic carbocycles. The van der Waals surface area contributed by atoms with Gasteiger partial charge in [0.25, 0.3) is 0 Å². The summed E-state index contributed by atoms with van der Waals surface area (Å²) < 4.78 is 16.0. The van der Waals surface area contributed by atoms with Gasteiger partial charge in [-0.15, -0.1) is 0 Å². The average Bonchev–Trinajstić information content (AvgIpc) is 2.96. The standard InChI is InChI=1S/C36H40NOP/c1-25-13-19-29(20-14-25)39(38,30-21-15-26(2)16-22-30)34-24-18-28-10-6-8-12-32(28)36(34)35-31-11-7-5-9-27(31)17-23-33(35)37(3)4/h13-24H,5-12H2,1-4H3. The Kier molecular flexibility index (Phi) is 7.02. The Balaban J connectivity index is 1.75. The lowest BCUT2D eigenvalue weighted by Crippen LogP contribution is -2.29. The third kappa shape index (κ3) is 4.57. The molecule has 0 heterocycles. The Morgan fingerprint density at radius 3 is 1.54 bits per heavy atom. The molecule has 200 valence electrons. The van der Waals surface area contributed by atoms with Crippen LogP contribution in [0, 0.1) is 13.8 Å². The molecule has 39 heavy (non-hydrogen) atoms. The van der Waals surface area contributed by atoms with Crippen LogP contribution in [0.3, 0.4) is 0 Å². The van der Waals surface area contributed by atoms with Crippen LogP contribution in [0.4, 0.5) is 5.69 Å². The van der Waals surface area contributed by atoms with Gasteiger partial charge in [-0.3, -0.25) is 0 Å². The SMILES string of the molecule is Cc1ccc(P(=O)(c2ccc(C)cc2)c2ccc3c(c2-c2c(N(C)C)ccc4c2CCCC4)CCCC3)cc1. The van der Waals surface area contributed by atoms with Crippen LogP contribution in [0.25, 0.3) is 11.1 Å². The van der Waals surface area contributed by atoms with Gasteiger partial charge in [0.15, 0.2) is 7.14 Å². The van der Waals surface area contributed by atoms with Crippen molar-refractivity contribution >= 4 is 28.7 Å². The number of fused-ring (bicyclic) bond motifs is 2. The lowest BCUT2D eigenvalue weighted by Gasteiger charge is -2.32. The molecule has 0 radical (unpaired) electrons. The highest BCUT2D eigenvalue weighted by molar-refractivity contribution is 7.85. The topological polar surface area (TPSA) is 20.3 Å². The van der Waals surface area contributed by atoms with E-state index in [0.29, 0.717) is 0 Å². The van der Waals surface area contributed by atoms with E-state index in [0.717, 1.165) is 41.6 Å². The summed E-state index contributed by atoms with van der Waals surface area (Å²) in [5, 5.41) is 2.85. The summed E-state index contributed by atoms with van der Waals surface area (Å²) in [5.41, 5.74) is 12.0. The van der Waals surface area contributed by atoms with Crippen molar-refractivity contribution < 1.29 is 4.57 Å². The molecule has 3 heteroatoms. The zero-order valence-electron chi connectivity index (χ0n) is 23.9. The van der Waals surface area contributed by atoms with Crippen molar-refractivity contribution in [3.8, 4) is 11.1 Å². The molecule has 2 aliphatic rings. The summed E-state index contributed by atoms with van der Waals surface area (Å²) >= 11 is 0. The van der Waals surface area contributed by atoms with Crippen LogP contribution in [0.15, 0.2) is 72.8 Å². The molecule has 4 aromatic rings. The summed E-state index contributed by atoms with van der Waals surface area (Å²) in [5.74, 6) is 0. The predicted octanol–water partition coefficient (Wildman–Crippen LogP) is 7.43. The molecule has 0 fully saturated rings. The maximum atomic E-state index is 16.0. The fraction of sp³-hybridized carbons (Fsp3) is 0.333. The van der Waals surface area contributed by atoms with Gasteiger partial charge in [-0.2, -0.15) is 0 Å². The molecule has 0 unspecified atom stereocenters. The van der Waals surface area contributed by atoms with Gasteiger partial charge in [-0.1, -0.05) is 71.8 Å². The minimum atomic E-state index is -3.17. The quantitative estimate of drug-likeness (QED) is 0.249. The van der Waals surface area contributed by atoms with Gasteiger partial charge in [0, 0.05) is 41.3 Å². The second-order valence-corrected chi connectivity index (χ2v) is 14.5. The van der Waals surface area contributed by atoms with Crippen molar-refractivity contribution in [1.29, 1.82) is 0 Å². The van der Waals surface area contributed by atoms with Crippen LogP contribution in [-0.2, 0) is 30.2 Å². The predicted molar refractivity (Wildman–Crippen MR) is 168 cm³/mol. The van der Waals surface area contributed by atoms with E-state index in [1.54, 1.807) is 0 Å². The van der Waals surface area contributed by atoms with Gasteiger partial charge >= 0.3 is 0 Å². The van der Waals surface area contributed by atoms with Gasteiger partial charge in [0.2, 0.25) is 0 Å². The first-order valence-corrected chi connectivity index (χ1v) is 16.3. The maximum Gasteiger partial charge on any atom is 0.171 e. The van der Waals surface area contributed by atoms with Gasteiger partial charge in [0.05, 0.1) is 0 Å². The lowest BCUT2D eigenvalue weighted by molar-refractivity contribution is 0.592. The molecule has 6 rings (SSSR count). The van der Waals surface area contributed by atoms with Gasteiger partial charge in [-0.05, 0) is 105 Å². The molecular formula is C36H40NOP. The maximum absolute atomic E-state index is 16.0. The molecule has 4 aromatic carbocycles. The molecule has 0 N–H and O–H groups in total. The molecule has 0 atom stereocenters. The first kappa shape index (κ1) is 26.1. The normalized spacial score (nSPS) is 15.0. The van der Waals surface area contributed by atoms with Crippen LogP contribution >= 0.6 is 7.14 Å². The molecule has 0 saturated carbocycles. The Morgan fingerprint density at radius 2 is 1.03 bits per heavy atom. The highest BCUT2D eigenvalue weighted by Gasteiger charge is 2.36. The summed E-state index contributed by atoms with van der Waals surface area (Å²) in [7, 11) is 1.14. The minimum Gasteiger partial charge on any atom is -0.377 e. The van der Waals surface area contributed by atoms with Crippen molar-refractivity contribution in [1.82, 2.24) is 0 Å². The van der Waals surface area contributed by atoms with Crippen LogP contribution < -0.4 is 20.8 Å². The van der Waals surface area contributed by atoms with Crippen molar-refractivity contribution in [3.05, 3.63) is 106 Å². The molecule has 0 spiro atoms. The van der Waals surface area contributed by atoms with E-state index < -0.39 is 7.14 Å². The molecule has 0 aromatic heterocycles. The van der Waals surface area contributed by atoms with Crippen molar-refractivity contribution in [3.63, 3.8) is 0 Å². The van der Waals surface area contributed by atoms with Gasteiger partial charge in [0.1, 0.15) is 0 Å². The van der Waals surface area contributed by atoms with E-state index in [1.165, 1.54) is 75.9 Å². The first-order chi connectivity index (χ1) is 18.9. The summed E-state index contributed by atoms with van der Waals surface area (Å²) in [6, 6.07) is 26.1. The summed E-state index contributed by atoms with van der Waals surface area (Å²) in [4.78, 5) is 2.26. The number of nitrogens with zero attached hydrogens (tertiary/aromatic N) is 1. The van der Waals surface area contributed by atoms with Crippen LogP contribution in [0.2, 0.25) is 0 Å². The van der Waals surface area contributed by atoms with Crippen molar-refractivity contribution in [2.24, 2.45) is 0 Å². The Hall–Kier alpha value is -3.09. The molecule has 0 bridgehead atoms. The number of anilines is 1. The van der Waals surface area contributed by atoms with E-state index in [4.69, 9.17) is 0 Å². The Labute approximate surface area is 234 Å². The second kappa shape index (κ2) is 10.5. The number of aryl methyl sites for hydroxylation is 4. The van der Waals surface area contributed by atoms with Crippen LogP contribution in [0.5, 0.6) is 0 Å². The lowest BCUT2D eigenvalue weighted by atomic mass is 9.80. The Morgan fingerprint density at radius 1 is 0.564 bits per heavy atom. The third-order valence-electron chi connectivity index (χ3n) is 8.89. The van der Waals surface area contributed by atoms with Crippen molar-refractivity contribution in [2.75, 3.05) is 19.0 Å². The number of hydrogen-bond acceptors (Lipinski definition) is 2. The van der Waals surface area contributed by atoms with Crippen molar-refractivity contribution in [2.45, 2.75) is 65.2 Å². The fourth-order valence-electron chi connectivity index (χ4n) is 6.76. The van der Waals surface area contributed by atoms with E-state index in [1.807, 2.05) is 0 Å². The minimum absolute atomic E-state index is 0.921. The Bertz CT molecular complexity index is 1510. The van der Waals surface area contributed by atoms with E-state index in [2.05, 4.69) is 106 Å². The zero-order chi connectivity index (χ0) is 27.1. The van der Waals surface area contributed by atoms with E-state index in [-0.39, 0.29) is 0 Å². The van der Waals surface area contributed by atoms with Gasteiger partial charge in [-0.25, -0.2) is 0 Å². The zero-order valence-corrected chi connectivity index (χ0v) is 24.8. The third-order valence-corrected chi connectivity index (χ3v) is 12.0. The summed E-state index contributed by atoms with van der Waals surface area (Å²) in [6.45, 7) is 4.20. The highest BCUT2D eigenvalue weighted by atomic mass is 31.2. The molecule has 0 saturated heterocycles. The number of benzene rings is 4. The number of hydrogen-bond donors (Lipinski definition) is 0. The van der Waals surface area contributed by atoms with E-state index >= 15 is 4.57 Å².